The average molecular weight is 274 g/mol. The molecule has 0 aromatic carbocycles. The highest BCUT2D eigenvalue weighted by Crippen LogP contribution is 2.19. The van der Waals surface area contributed by atoms with Crippen LogP contribution in [0.2, 0.25) is 0 Å². The molecule has 96 valence electrons. The van der Waals surface area contributed by atoms with Gasteiger partial charge in [0.25, 0.3) is 0 Å². The van der Waals surface area contributed by atoms with Crippen LogP contribution in [0.5, 0.6) is 0 Å². The lowest BCUT2D eigenvalue weighted by molar-refractivity contribution is 0.464. The molecular formula is C11H18N2O2S2. The van der Waals surface area contributed by atoms with E-state index in [1.54, 1.807) is 11.3 Å². The number of nitrogens with two attached hydrogens (primary N) is 1. The molecule has 1 aromatic heterocycles. The Morgan fingerprint density at radius 1 is 1.53 bits per heavy atom. The van der Waals surface area contributed by atoms with Crippen molar-refractivity contribution in [3.05, 3.63) is 22.4 Å². The van der Waals surface area contributed by atoms with Gasteiger partial charge in [-0.3, -0.25) is 0 Å². The van der Waals surface area contributed by atoms with Crippen LogP contribution >= 0.6 is 11.3 Å². The summed E-state index contributed by atoms with van der Waals surface area (Å²) in [5.74, 6) is 0.443. The second-order valence-electron chi connectivity index (χ2n) is 4.60. The van der Waals surface area contributed by atoms with E-state index in [9.17, 15) is 8.42 Å². The molecule has 0 saturated carbocycles. The molecule has 2 heterocycles. The fourth-order valence-corrected chi connectivity index (χ4v) is 4.42. The minimum Gasteiger partial charge on any atom is -0.326 e. The maximum absolute atomic E-state index is 12.1. The third kappa shape index (κ3) is 3.07. The summed E-state index contributed by atoms with van der Waals surface area (Å²) in [7, 11) is -3.14. The third-order valence-corrected chi connectivity index (χ3v) is 5.96. The minimum absolute atomic E-state index is 0.0217. The number of thiophene rings is 1. The smallest absolute Gasteiger partial charge is 0.214 e. The summed E-state index contributed by atoms with van der Waals surface area (Å²) in [6.07, 6.45) is 0.597. The van der Waals surface area contributed by atoms with Crippen molar-refractivity contribution in [2.24, 2.45) is 11.7 Å². The van der Waals surface area contributed by atoms with Crippen molar-refractivity contribution < 1.29 is 8.42 Å². The van der Waals surface area contributed by atoms with Gasteiger partial charge in [0.2, 0.25) is 10.0 Å². The first-order valence-corrected chi connectivity index (χ1v) is 8.24. The predicted molar refractivity (Wildman–Crippen MR) is 70.5 cm³/mol. The van der Waals surface area contributed by atoms with Gasteiger partial charge in [-0.05, 0) is 23.8 Å². The Morgan fingerprint density at radius 3 is 2.82 bits per heavy atom. The third-order valence-electron chi connectivity index (χ3n) is 3.22. The molecule has 0 bridgehead atoms. The van der Waals surface area contributed by atoms with E-state index in [0.29, 0.717) is 19.5 Å². The number of nitrogens with zero attached hydrogens (tertiary/aromatic N) is 1. The standard InChI is InChI=1S/C11H18N2O2S2/c1-9-7-13(8-11(9)12)17(14,15)6-4-10-3-2-5-16-10/h2-3,5,9,11H,4,6-8,12H2,1H3. The molecule has 1 aromatic rings. The van der Waals surface area contributed by atoms with Crippen LogP contribution in [0, 0.1) is 5.92 Å². The van der Waals surface area contributed by atoms with Crippen molar-refractivity contribution in [1.29, 1.82) is 0 Å². The first kappa shape index (κ1) is 13.0. The predicted octanol–water partition coefficient (Wildman–Crippen LogP) is 0.899. The largest absolute Gasteiger partial charge is 0.326 e. The van der Waals surface area contributed by atoms with Gasteiger partial charge in [0, 0.05) is 24.0 Å². The summed E-state index contributed by atoms with van der Waals surface area (Å²) in [5.41, 5.74) is 5.85. The molecule has 0 spiro atoms. The van der Waals surface area contributed by atoms with E-state index in [1.807, 2.05) is 24.4 Å². The van der Waals surface area contributed by atoms with Crippen LogP contribution in [-0.4, -0.2) is 37.6 Å². The lowest BCUT2D eigenvalue weighted by atomic mass is 10.1. The second kappa shape index (κ2) is 5.06. The van der Waals surface area contributed by atoms with Crippen molar-refractivity contribution in [3.8, 4) is 0 Å². The van der Waals surface area contributed by atoms with Gasteiger partial charge in [0.05, 0.1) is 5.75 Å². The first-order valence-electron chi connectivity index (χ1n) is 5.75. The second-order valence-corrected chi connectivity index (χ2v) is 7.72. The Morgan fingerprint density at radius 2 is 2.29 bits per heavy atom. The van der Waals surface area contributed by atoms with Gasteiger partial charge in [-0.2, -0.15) is 0 Å². The van der Waals surface area contributed by atoms with Crippen LogP contribution < -0.4 is 5.73 Å². The molecule has 6 heteroatoms. The quantitative estimate of drug-likeness (QED) is 0.887. The summed E-state index contributed by atoms with van der Waals surface area (Å²) in [6.45, 7) is 3.03. The van der Waals surface area contributed by atoms with Gasteiger partial charge in [0.1, 0.15) is 0 Å². The summed E-state index contributed by atoms with van der Waals surface area (Å²) < 4.78 is 25.7. The van der Waals surface area contributed by atoms with E-state index >= 15 is 0 Å². The van der Waals surface area contributed by atoms with Gasteiger partial charge in [-0.15, -0.1) is 11.3 Å². The van der Waals surface area contributed by atoms with E-state index < -0.39 is 10.0 Å². The van der Waals surface area contributed by atoms with Crippen LogP contribution in [0.15, 0.2) is 17.5 Å². The lowest BCUT2D eigenvalue weighted by Crippen LogP contribution is -2.34. The molecule has 1 aliphatic heterocycles. The van der Waals surface area contributed by atoms with E-state index in [4.69, 9.17) is 5.73 Å². The summed E-state index contributed by atoms with van der Waals surface area (Å²) in [6, 6.07) is 3.89. The Labute approximate surface area is 106 Å². The van der Waals surface area contributed by atoms with Gasteiger partial charge in [-0.25, -0.2) is 12.7 Å². The van der Waals surface area contributed by atoms with E-state index in [0.717, 1.165) is 4.88 Å². The van der Waals surface area contributed by atoms with Crippen LogP contribution in [0.4, 0.5) is 0 Å². The zero-order chi connectivity index (χ0) is 12.5. The Kier molecular flexibility index (Phi) is 3.87. The van der Waals surface area contributed by atoms with Crippen LogP contribution in [-0.2, 0) is 16.4 Å². The summed E-state index contributed by atoms with van der Waals surface area (Å²) >= 11 is 1.60. The number of hydrogen-bond acceptors (Lipinski definition) is 4. The van der Waals surface area contributed by atoms with Gasteiger partial charge >= 0.3 is 0 Å². The number of hydrogen-bond donors (Lipinski definition) is 1. The fourth-order valence-electron chi connectivity index (χ4n) is 1.99. The van der Waals surface area contributed by atoms with Crippen LogP contribution in [0.25, 0.3) is 0 Å². The molecule has 2 atom stereocenters. The molecule has 4 nitrogen and oxygen atoms in total. The van der Waals surface area contributed by atoms with Crippen molar-refractivity contribution in [2.45, 2.75) is 19.4 Å². The van der Waals surface area contributed by atoms with E-state index in [2.05, 4.69) is 0 Å². The van der Waals surface area contributed by atoms with Gasteiger partial charge < -0.3 is 5.73 Å². The van der Waals surface area contributed by atoms with Crippen molar-refractivity contribution in [1.82, 2.24) is 4.31 Å². The Bertz CT molecular complexity index is 446. The van der Waals surface area contributed by atoms with Crippen molar-refractivity contribution in [2.75, 3.05) is 18.8 Å². The molecule has 17 heavy (non-hydrogen) atoms. The van der Waals surface area contributed by atoms with Gasteiger partial charge in [0.15, 0.2) is 0 Å². The topological polar surface area (TPSA) is 63.4 Å². The molecule has 2 unspecified atom stereocenters. The highest BCUT2D eigenvalue weighted by molar-refractivity contribution is 7.89. The molecule has 2 N–H and O–H groups in total. The fraction of sp³-hybridized carbons (Fsp3) is 0.636. The molecule has 1 fully saturated rings. The van der Waals surface area contributed by atoms with E-state index in [-0.39, 0.29) is 17.7 Å². The summed E-state index contributed by atoms with van der Waals surface area (Å²) in [4.78, 5) is 1.12. The molecule has 2 rings (SSSR count). The van der Waals surface area contributed by atoms with E-state index in [1.165, 1.54) is 4.31 Å². The summed E-state index contributed by atoms with van der Waals surface area (Å²) in [5, 5.41) is 1.97. The Balaban J connectivity index is 1.95. The maximum atomic E-state index is 12.1. The number of rotatable bonds is 4. The molecule has 1 saturated heterocycles. The average Bonchev–Trinajstić information content (AvgIpc) is 2.87. The zero-order valence-corrected chi connectivity index (χ0v) is 11.5. The van der Waals surface area contributed by atoms with Crippen molar-refractivity contribution in [3.63, 3.8) is 0 Å². The normalized spacial score (nSPS) is 26.5. The minimum atomic E-state index is -3.14. The molecule has 0 amide bonds. The lowest BCUT2D eigenvalue weighted by Gasteiger charge is -2.15. The number of aryl methyl sites for hydroxylation is 1. The highest BCUT2D eigenvalue weighted by Gasteiger charge is 2.33. The highest BCUT2D eigenvalue weighted by atomic mass is 32.2. The zero-order valence-electron chi connectivity index (χ0n) is 9.87. The molecular weight excluding hydrogens is 256 g/mol. The molecule has 0 radical (unpaired) electrons. The maximum Gasteiger partial charge on any atom is 0.214 e. The Hall–Kier alpha value is -0.430. The molecule has 0 aliphatic carbocycles. The van der Waals surface area contributed by atoms with Crippen LogP contribution in [0.1, 0.15) is 11.8 Å². The molecule has 1 aliphatic rings. The monoisotopic (exact) mass is 274 g/mol. The number of sulfonamides is 1. The SMILES string of the molecule is CC1CN(S(=O)(=O)CCc2cccs2)CC1N. The van der Waals surface area contributed by atoms with Gasteiger partial charge in [-0.1, -0.05) is 13.0 Å². The first-order chi connectivity index (χ1) is 7.99. The van der Waals surface area contributed by atoms with Crippen molar-refractivity contribution >= 4 is 21.4 Å². The van der Waals surface area contributed by atoms with Crippen LogP contribution in [0.3, 0.4) is 0 Å².